The van der Waals surface area contributed by atoms with E-state index in [-0.39, 0.29) is 3.79 Å². The van der Waals surface area contributed by atoms with Crippen LogP contribution in [0.4, 0.5) is 0 Å². The van der Waals surface area contributed by atoms with E-state index in [0.29, 0.717) is 0 Å². The fourth-order valence-electron chi connectivity index (χ4n) is 1.13. The molecule has 4 heteroatoms. The SMILES string of the molecule is O=C(I)c1c(CBr)cccc1CBr. The minimum Gasteiger partial charge on any atom is -0.282 e. The molecule has 70 valence electrons. The van der Waals surface area contributed by atoms with Gasteiger partial charge < -0.3 is 0 Å². The second-order valence-corrected chi connectivity index (χ2v) is 4.59. The number of rotatable bonds is 3. The molecule has 0 fully saturated rings. The number of hydrogen-bond acceptors (Lipinski definition) is 1. The zero-order chi connectivity index (χ0) is 9.84. The molecule has 1 aromatic carbocycles. The molecule has 1 aromatic rings. The summed E-state index contributed by atoms with van der Waals surface area (Å²) in [6.45, 7) is 0. The van der Waals surface area contributed by atoms with Crippen LogP contribution in [0.3, 0.4) is 0 Å². The van der Waals surface area contributed by atoms with Crippen LogP contribution in [0.25, 0.3) is 0 Å². The lowest BCUT2D eigenvalue weighted by Gasteiger charge is -2.07. The highest BCUT2D eigenvalue weighted by atomic mass is 127. The normalized spacial score (nSPS) is 10.1. The summed E-state index contributed by atoms with van der Waals surface area (Å²) >= 11 is 8.56. The molecule has 1 rings (SSSR count). The van der Waals surface area contributed by atoms with Crippen LogP contribution in [0, 0.1) is 0 Å². The highest BCUT2D eigenvalue weighted by Crippen LogP contribution is 2.22. The van der Waals surface area contributed by atoms with E-state index < -0.39 is 0 Å². The first kappa shape index (κ1) is 11.7. The van der Waals surface area contributed by atoms with E-state index in [0.717, 1.165) is 27.4 Å². The molecule has 0 unspecified atom stereocenters. The first-order valence-corrected chi connectivity index (χ1v) is 6.95. The monoisotopic (exact) mass is 416 g/mol. The highest BCUT2D eigenvalue weighted by molar-refractivity contribution is 14.1. The van der Waals surface area contributed by atoms with Gasteiger partial charge in [-0.05, 0) is 11.1 Å². The van der Waals surface area contributed by atoms with Crippen LogP contribution in [0.5, 0.6) is 0 Å². The summed E-state index contributed by atoms with van der Waals surface area (Å²) in [6.07, 6.45) is 0. The molecule has 0 saturated carbocycles. The Hall–Kier alpha value is 0.580. The van der Waals surface area contributed by atoms with Gasteiger partial charge in [0.2, 0.25) is 3.79 Å². The molecule has 0 aliphatic rings. The molecule has 0 aliphatic carbocycles. The molecule has 0 atom stereocenters. The van der Waals surface area contributed by atoms with Gasteiger partial charge in [-0.1, -0.05) is 50.1 Å². The summed E-state index contributed by atoms with van der Waals surface area (Å²) in [7, 11) is 0. The van der Waals surface area contributed by atoms with Crippen molar-refractivity contribution in [3.63, 3.8) is 0 Å². The number of halogens is 3. The largest absolute Gasteiger partial charge is 0.282 e. The molecular weight excluding hydrogens is 411 g/mol. The van der Waals surface area contributed by atoms with Gasteiger partial charge in [-0.25, -0.2) is 0 Å². The number of benzene rings is 1. The van der Waals surface area contributed by atoms with Crippen molar-refractivity contribution in [2.45, 2.75) is 10.7 Å². The molecule has 13 heavy (non-hydrogen) atoms. The summed E-state index contributed by atoms with van der Waals surface area (Å²) < 4.78 is 0.0992. The summed E-state index contributed by atoms with van der Waals surface area (Å²) in [4.78, 5) is 11.3. The average Bonchev–Trinajstić information content (AvgIpc) is 2.16. The van der Waals surface area contributed by atoms with E-state index in [1.54, 1.807) is 0 Å². The smallest absolute Gasteiger partial charge is 0.223 e. The zero-order valence-corrected chi connectivity index (χ0v) is 12.0. The van der Waals surface area contributed by atoms with Gasteiger partial charge in [0.15, 0.2) is 0 Å². The molecular formula is C9H7Br2IO. The van der Waals surface area contributed by atoms with Crippen molar-refractivity contribution in [2.24, 2.45) is 0 Å². The lowest BCUT2D eigenvalue weighted by Crippen LogP contribution is -1.99. The molecule has 0 heterocycles. The molecule has 0 spiro atoms. The Kier molecular flexibility index (Phi) is 4.89. The standard InChI is InChI=1S/C9H7Br2IO/c10-4-6-2-1-3-7(5-11)8(6)9(12)13/h1-3H,4-5H2. The lowest BCUT2D eigenvalue weighted by atomic mass is 10.0. The van der Waals surface area contributed by atoms with Crippen molar-refractivity contribution >= 4 is 58.2 Å². The molecule has 0 radical (unpaired) electrons. The van der Waals surface area contributed by atoms with Crippen molar-refractivity contribution < 1.29 is 4.79 Å². The predicted octanol–water partition coefficient (Wildman–Crippen LogP) is 4.05. The van der Waals surface area contributed by atoms with E-state index in [4.69, 9.17) is 0 Å². The van der Waals surface area contributed by atoms with Crippen LogP contribution >= 0.6 is 54.5 Å². The van der Waals surface area contributed by atoms with Crippen LogP contribution in [-0.4, -0.2) is 3.79 Å². The van der Waals surface area contributed by atoms with Gasteiger partial charge >= 0.3 is 0 Å². The number of carbonyl (C=O) groups excluding carboxylic acids is 1. The molecule has 0 aliphatic heterocycles. The van der Waals surface area contributed by atoms with Gasteiger partial charge in [0.05, 0.1) is 0 Å². The minimum absolute atomic E-state index is 0.0992. The van der Waals surface area contributed by atoms with Gasteiger partial charge in [-0.3, -0.25) is 4.79 Å². The Bertz CT molecular complexity index is 303. The molecule has 0 aromatic heterocycles. The second-order valence-electron chi connectivity index (χ2n) is 2.49. The van der Waals surface area contributed by atoms with Crippen LogP contribution in [0.1, 0.15) is 21.5 Å². The number of alkyl halides is 2. The summed E-state index contributed by atoms with van der Waals surface area (Å²) in [5.41, 5.74) is 2.93. The fourth-order valence-corrected chi connectivity index (χ4v) is 2.76. The predicted molar refractivity (Wildman–Crippen MR) is 70.1 cm³/mol. The van der Waals surface area contributed by atoms with Gasteiger partial charge in [0.25, 0.3) is 0 Å². The van der Waals surface area contributed by atoms with Crippen LogP contribution in [-0.2, 0) is 10.7 Å². The lowest BCUT2D eigenvalue weighted by molar-refractivity contribution is 0.110. The maximum atomic E-state index is 11.3. The third kappa shape index (κ3) is 2.76. The maximum absolute atomic E-state index is 11.3. The van der Waals surface area contributed by atoms with E-state index in [9.17, 15) is 4.79 Å². The molecule has 0 saturated heterocycles. The summed E-state index contributed by atoms with van der Waals surface area (Å²) in [5.74, 6) is 0. The van der Waals surface area contributed by atoms with Gasteiger partial charge in [-0.15, -0.1) is 0 Å². The van der Waals surface area contributed by atoms with Crippen LogP contribution in [0.2, 0.25) is 0 Å². The Morgan fingerprint density at radius 2 is 1.69 bits per heavy atom. The third-order valence-electron chi connectivity index (χ3n) is 1.72. The van der Waals surface area contributed by atoms with Crippen LogP contribution in [0.15, 0.2) is 18.2 Å². The average molecular weight is 418 g/mol. The molecule has 1 nitrogen and oxygen atoms in total. The highest BCUT2D eigenvalue weighted by Gasteiger charge is 2.11. The zero-order valence-electron chi connectivity index (χ0n) is 6.69. The second kappa shape index (κ2) is 5.46. The van der Waals surface area contributed by atoms with E-state index in [2.05, 4.69) is 31.9 Å². The van der Waals surface area contributed by atoms with Crippen molar-refractivity contribution in [1.82, 2.24) is 0 Å². The van der Waals surface area contributed by atoms with Crippen molar-refractivity contribution in [3.05, 3.63) is 34.9 Å². The Labute approximate surface area is 108 Å². The fraction of sp³-hybridized carbons (Fsp3) is 0.222. The van der Waals surface area contributed by atoms with Gasteiger partial charge in [0, 0.05) is 38.8 Å². The van der Waals surface area contributed by atoms with Crippen molar-refractivity contribution in [3.8, 4) is 0 Å². The first-order chi connectivity index (χ1) is 6.20. The Balaban J connectivity index is 3.29. The minimum atomic E-state index is 0.0992. The molecule has 0 amide bonds. The number of hydrogen-bond donors (Lipinski definition) is 0. The van der Waals surface area contributed by atoms with Crippen molar-refractivity contribution in [2.75, 3.05) is 0 Å². The van der Waals surface area contributed by atoms with E-state index >= 15 is 0 Å². The summed E-state index contributed by atoms with van der Waals surface area (Å²) in [6, 6.07) is 5.90. The van der Waals surface area contributed by atoms with E-state index in [1.165, 1.54) is 0 Å². The van der Waals surface area contributed by atoms with E-state index in [1.807, 2.05) is 40.8 Å². The Morgan fingerprint density at radius 1 is 1.23 bits per heavy atom. The molecule has 0 N–H and O–H groups in total. The summed E-state index contributed by atoms with van der Waals surface area (Å²) in [5, 5.41) is 1.44. The number of carbonyl (C=O) groups is 1. The van der Waals surface area contributed by atoms with Crippen LogP contribution < -0.4 is 0 Å². The maximum Gasteiger partial charge on any atom is 0.223 e. The first-order valence-electron chi connectivity index (χ1n) is 3.63. The Morgan fingerprint density at radius 3 is 2.00 bits per heavy atom. The van der Waals surface area contributed by atoms with Gasteiger partial charge in [-0.2, -0.15) is 0 Å². The topological polar surface area (TPSA) is 17.1 Å². The van der Waals surface area contributed by atoms with Gasteiger partial charge in [0.1, 0.15) is 0 Å². The quantitative estimate of drug-likeness (QED) is 0.412. The van der Waals surface area contributed by atoms with Crippen molar-refractivity contribution in [1.29, 1.82) is 0 Å². The molecule has 0 bridgehead atoms. The third-order valence-corrected chi connectivity index (χ3v) is 3.47.